The summed E-state index contributed by atoms with van der Waals surface area (Å²) in [6, 6.07) is 10.8. The van der Waals surface area contributed by atoms with Crippen LogP contribution in [0.1, 0.15) is 58.8 Å². The van der Waals surface area contributed by atoms with Crippen LogP contribution in [0.5, 0.6) is 0 Å². The van der Waals surface area contributed by atoms with E-state index in [0.717, 1.165) is 11.4 Å². The van der Waals surface area contributed by atoms with Crippen LogP contribution in [0.15, 0.2) is 36.5 Å². The maximum atomic E-state index is 4.53. The molecule has 2 aliphatic heterocycles. The SMILES string of the molecule is CCC1(CC)CCCCN1CC1CCN(c2ccnc3ccccc23)CC1. The van der Waals surface area contributed by atoms with Gasteiger partial charge >= 0.3 is 0 Å². The second kappa shape index (κ2) is 8.18. The van der Waals surface area contributed by atoms with Gasteiger partial charge in [-0.05, 0) is 63.1 Å². The Morgan fingerprint density at radius 2 is 1.78 bits per heavy atom. The van der Waals surface area contributed by atoms with Crippen molar-refractivity contribution in [2.75, 3.05) is 31.1 Å². The molecular weight excluding hydrogens is 330 g/mol. The molecule has 0 atom stereocenters. The maximum Gasteiger partial charge on any atom is 0.0722 e. The van der Waals surface area contributed by atoms with Crippen molar-refractivity contribution in [3.8, 4) is 0 Å². The lowest BCUT2D eigenvalue weighted by atomic mass is 9.80. The molecule has 0 N–H and O–H groups in total. The third-order valence-corrected chi connectivity index (χ3v) is 7.37. The molecule has 0 unspecified atom stereocenters. The van der Waals surface area contributed by atoms with Crippen LogP contribution in [0.25, 0.3) is 10.9 Å². The van der Waals surface area contributed by atoms with Gasteiger partial charge in [-0.1, -0.05) is 38.5 Å². The highest BCUT2D eigenvalue weighted by Gasteiger charge is 2.37. The Morgan fingerprint density at radius 3 is 2.56 bits per heavy atom. The van der Waals surface area contributed by atoms with E-state index in [1.807, 2.05) is 6.20 Å². The number of nitrogens with zero attached hydrogens (tertiary/aromatic N) is 3. The van der Waals surface area contributed by atoms with E-state index < -0.39 is 0 Å². The predicted octanol–water partition coefficient (Wildman–Crippen LogP) is 5.50. The molecule has 2 aliphatic rings. The minimum atomic E-state index is 0.483. The van der Waals surface area contributed by atoms with Crippen molar-refractivity contribution >= 4 is 16.6 Å². The van der Waals surface area contributed by atoms with Crippen LogP contribution in [0.2, 0.25) is 0 Å². The number of aromatic nitrogens is 1. The molecule has 1 aromatic carbocycles. The number of benzene rings is 1. The molecule has 3 heteroatoms. The average molecular weight is 366 g/mol. The zero-order valence-corrected chi connectivity index (χ0v) is 17.2. The standard InChI is InChI=1S/C24H35N3/c1-3-24(4-2)14-7-8-16-27(24)19-20-12-17-26(18-13-20)23-11-15-25-22-10-6-5-9-21(22)23/h5-6,9-11,15,20H,3-4,7-8,12-14,16-19H2,1-2H3. The van der Waals surface area contributed by atoms with Crippen molar-refractivity contribution in [1.29, 1.82) is 0 Å². The third-order valence-electron chi connectivity index (χ3n) is 7.37. The lowest BCUT2D eigenvalue weighted by Gasteiger charge is -2.49. The first-order chi connectivity index (χ1) is 13.3. The van der Waals surface area contributed by atoms with Gasteiger partial charge in [-0.25, -0.2) is 0 Å². The fourth-order valence-electron chi connectivity index (χ4n) is 5.51. The van der Waals surface area contributed by atoms with Crippen LogP contribution >= 0.6 is 0 Å². The van der Waals surface area contributed by atoms with Crippen molar-refractivity contribution in [2.24, 2.45) is 5.92 Å². The van der Waals surface area contributed by atoms with Gasteiger partial charge in [-0.15, -0.1) is 0 Å². The molecule has 4 rings (SSSR count). The first-order valence-corrected chi connectivity index (χ1v) is 11.1. The Labute approximate surface area is 164 Å². The number of piperidine rings is 2. The molecule has 0 saturated carbocycles. The Bertz CT molecular complexity index is 739. The molecule has 0 aliphatic carbocycles. The number of anilines is 1. The van der Waals surface area contributed by atoms with Crippen molar-refractivity contribution in [3.63, 3.8) is 0 Å². The monoisotopic (exact) mass is 365 g/mol. The highest BCUT2D eigenvalue weighted by Crippen LogP contribution is 2.36. The summed E-state index contributed by atoms with van der Waals surface area (Å²) in [7, 11) is 0. The minimum absolute atomic E-state index is 0.483. The number of para-hydroxylation sites is 1. The van der Waals surface area contributed by atoms with Crippen molar-refractivity contribution < 1.29 is 0 Å². The van der Waals surface area contributed by atoms with Gasteiger partial charge in [-0.2, -0.15) is 0 Å². The molecule has 0 amide bonds. The number of hydrogen-bond donors (Lipinski definition) is 0. The van der Waals surface area contributed by atoms with E-state index in [0.29, 0.717) is 5.54 Å². The summed E-state index contributed by atoms with van der Waals surface area (Å²) < 4.78 is 0. The highest BCUT2D eigenvalue weighted by molar-refractivity contribution is 5.91. The van der Waals surface area contributed by atoms with Crippen molar-refractivity contribution in [1.82, 2.24) is 9.88 Å². The average Bonchev–Trinajstić information content (AvgIpc) is 2.74. The molecule has 2 fully saturated rings. The Balaban J connectivity index is 1.41. The number of likely N-dealkylation sites (tertiary alicyclic amines) is 1. The van der Waals surface area contributed by atoms with E-state index in [9.17, 15) is 0 Å². The molecule has 0 spiro atoms. The first kappa shape index (κ1) is 18.7. The predicted molar refractivity (Wildman–Crippen MR) is 115 cm³/mol. The van der Waals surface area contributed by atoms with Gasteiger partial charge in [0.05, 0.1) is 5.52 Å². The van der Waals surface area contributed by atoms with Crippen LogP contribution in [-0.2, 0) is 0 Å². The summed E-state index contributed by atoms with van der Waals surface area (Å²) in [5.74, 6) is 0.852. The molecule has 1 aromatic heterocycles. The second-order valence-electron chi connectivity index (χ2n) is 8.61. The van der Waals surface area contributed by atoms with Crippen molar-refractivity contribution in [3.05, 3.63) is 36.5 Å². The van der Waals surface area contributed by atoms with Crippen LogP contribution in [0.4, 0.5) is 5.69 Å². The first-order valence-electron chi connectivity index (χ1n) is 11.1. The number of pyridine rings is 1. The lowest BCUT2D eigenvalue weighted by Crippen LogP contribution is -2.53. The fraction of sp³-hybridized carbons (Fsp3) is 0.625. The van der Waals surface area contributed by atoms with Crippen molar-refractivity contribution in [2.45, 2.75) is 64.3 Å². The summed E-state index contributed by atoms with van der Waals surface area (Å²) in [5.41, 5.74) is 2.96. The molecule has 0 bridgehead atoms. The van der Waals surface area contributed by atoms with Gasteiger partial charge in [0.1, 0.15) is 0 Å². The van der Waals surface area contributed by atoms with Crippen LogP contribution < -0.4 is 4.90 Å². The smallest absolute Gasteiger partial charge is 0.0722 e. The van der Waals surface area contributed by atoms with Gasteiger partial charge in [0.2, 0.25) is 0 Å². The van der Waals surface area contributed by atoms with Gasteiger partial charge in [0, 0.05) is 42.4 Å². The van der Waals surface area contributed by atoms with E-state index >= 15 is 0 Å². The largest absolute Gasteiger partial charge is 0.371 e. The fourth-order valence-corrected chi connectivity index (χ4v) is 5.51. The molecule has 2 aromatic rings. The Morgan fingerprint density at radius 1 is 1.00 bits per heavy atom. The summed E-state index contributed by atoms with van der Waals surface area (Å²) >= 11 is 0. The Hall–Kier alpha value is -1.61. The minimum Gasteiger partial charge on any atom is -0.371 e. The normalized spacial score (nSPS) is 21.6. The van der Waals surface area contributed by atoms with E-state index in [-0.39, 0.29) is 0 Å². The third kappa shape index (κ3) is 3.71. The van der Waals surface area contributed by atoms with E-state index in [1.54, 1.807) is 0 Å². The molecule has 3 heterocycles. The summed E-state index contributed by atoms with van der Waals surface area (Å²) in [5, 5.41) is 1.30. The molecule has 146 valence electrons. The zero-order valence-electron chi connectivity index (χ0n) is 17.2. The summed E-state index contributed by atoms with van der Waals surface area (Å²) in [6.07, 6.45) is 11.4. The molecule has 0 radical (unpaired) electrons. The molecule has 2 saturated heterocycles. The van der Waals surface area contributed by atoms with E-state index in [2.05, 4.69) is 59.0 Å². The van der Waals surface area contributed by atoms with E-state index in [4.69, 9.17) is 0 Å². The quantitative estimate of drug-likeness (QED) is 0.698. The van der Waals surface area contributed by atoms with Gasteiger partial charge < -0.3 is 4.90 Å². The zero-order chi connectivity index (χ0) is 18.7. The Kier molecular flexibility index (Phi) is 5.68. The number of fused-ring (bicyclic) bond motifs is 1. The van der Waals surface area contributed by atoms with Gasteiger partial charge in [0.25, 0.3) is 0 Å². The molecule has 27 heavy (non-hydrogen) atoms. The van der Waals surface area contributed by atoms with Crippen LogP contribution in [0.3, 0.4) is 0 Å². The lowest BCUT2D eigenvalue weighted by molar-refractivity contribution is 0.0220. The van der Waals surface area contributed by atoms with Crippen LogP contribution in [0, 0.1) is 5.92 Å². The topological polar surface area (TPSA) is 19.4 Å². The second-order valence-corrected chi connectivity index (χ2v) is 8.61. The number of rotatable bonds is 5. The number of hydrogen-bond acceptors (Lipinski definition) is 3. The summed E-state index contributed by atoms with van der Waals surface area (Å²) in [4.78, 5) is 9.99. The molecule has 3 nitrogen and oxygen atoms in total. The van der Waals surface area contributed by atoms with Gasteiger partial charge in [0.15, 0.2) is 0 Å². The maximum absolute atomic E-state index is 4.53. The molecular formula is C24H35N3. The summed E-state index contributed by atoms with van der Waals surface area (Å²) in [6.45, 7) is 9.79. The highest BCUT2D eigenvalue weighted by atomic mass is 15.2. The van der Waals surface area contributed by atoms with Crippen LogP contribution in [-0.4, -0.2) is 41.6 Å². The van der Waals surface area contributed by atoms with E-state index in [1.165, 1.54) is 82.2 Å². The van der Waals surface area contributed by atoms with Gasteiger partial charge in [-0.3, -0.25) is 9.88 Å².